The van der Waals surface area contributed by atoms with Crippen LogP contribution >= 0.6 is 0 Å². The lowest BCUT2D eigenvalue weighted by atomic mass is 9.96. The third-order valence-corrected chi connectivity index (χ3v) is 2.78. The monoisotopic (exact) mass is 215 g/mol. The number of ketones is 2. The molecule has 1 aliphatic carbocycles. The van der Waals surface area contributed by atoms with Crippen molar-refractivity contribution >= 4 is 17.6 Å². The first-order valence-corrected chi connectivity index (χ1v) is 5.10. The first kappa shape index (κ1) is 9.42. The van der Waals surface area contributed by atoms with E-state index in [2.05, 4.69) is 4.98 Å². The number of ether oxygens (including phenoxy) is 1. The minimum Gasteiger partial charge on any atom is -0.367 e. The lowest BCUT2D eigenvalue weighted by molar-refractivity contribution is 0.0654. The Morgan fingerprint density at radius 1 is 1.12 bits per heavy atom. The van der Waals surface area contributed by atoms with Crippen molar-refractivity contribution in [2.75, 3.05) is 6.61 Å². The average Bonchev–Trinajstić information content (AvgIpc) is 2.28. The molecule has 0 spiro atoms. The largest absolute Gasteiger partial charge is 0.367 e. The van der Waals surface area contributed by atoms with Gasteiger partial charge in [0.25, 0.3) is 0 Å². The van der Waals surface area contributed by atoms with Crippen LogP contribution in [0.2, 0.25) is 0 Å². The van der Waals surface area contributed by atoms with Crippen LogP contribution in [-0.4, -0.2) is 23.2 Å². The number of carbonyl (C=O) groups excluding carboxylic acids is 2. The number of pyridine rings is 1. The number of allylic oxidation sites excluding steroid dienone is 1. The van der Waals surface area contributed by atoms with E-state index in [-0.39, 0.29) is 18.2 Å². The second-order valence-electron chi connectivity index (χ2n) is 3.86. The molecule has 16 heavy (non-hydrogen) atoms. The fraction of sp³-hybridized carbons (Fsp3) is 0.250. The van der Waals surface area contributed by atoms with Gasteiger partial charge in [-0.05, 0) is 12.1 Å². The first-order chi connectivity index (χ1) is 7.75. The van der Waals surface area contributed by atoms with Crippen LogP contribution in [-0.2, 0) is 11.3 Å². The Bertz CT molecular complexity index is 531. The Morgan fingerprint density at radius 2 is 2.00 bits per heavy atom. The van der Waals surface area contributed by atoms with E-state index in [1.807, 2.05) is 6.08 Å². The van der Waals surface area contributed by atoms with Crippen molar-refractivity contribution in [3.63, 3.8) is 0 Å². The quantitative estimate of drug-likeness (QED) is 0.656. The van der Waals surface area contributed by atoms with Gasteiger partial charge in [0.2, 0.25) is 0 Å². The average molecular weight is 215 g/mol. The van der Waals surface area contributed by atoms with E-state index < -0.39 is 0 Å². The zero-order valence-corrected chi connectivity index (χ0v) is 8.53. The van der Waals surface area contributed by atoms with Gasteiger partial charge in [-0.2, -0.15) is 0 Å². The second-order valence-corrected chi connectivity index (χ2v) is 3.86. The molecule has 0 amide bonds. The SMILES string of the molecule is O=C1CC=Cc2nc3c(cc21)C(=O)COC3. The first-order valence-electron chi connectivity index (χ1n) is 5.10. The summed E-state index contributed by atoms with van der Waals surface area (Å²) in [4.78, 5) is 27.5. The smallest absolute Gasteiger partial charge is 0.190 e. The molecule has 3 rings (SSSR count). The van der Waals surface area contributed by atoms with Gasteiger partial charge in [0.1, 0.15) is 6.61 Å². The van der Waals surface area contributed by atoms with Crippen molar-refractivity contribution in [2.45, 2.75) is 13.0 Å². The molecule has 0 unspecified atom stereocenters. The van der Waals surface area contributed by atoms with Crippen LogP contribution in [0, 0.1) is 0 Å². The molecule has 4 heteroatoms. The maximum Gasteiger partial charge on any atom is 0.190 e. The minimum atomic E-state index is -0.0982. The van der Waals surface area contributed by atoms with Crippen molar-refractivity contribution < 1.29 is 14.3 Å². The molecule has 2 aliphatic rings. The van der Waals surface area contributed by atoms with Crippen LogP contribution in [0.4, 0.5) is 0 Å². The molecular formula is C12H9NO3. The van der Waals surface area contributed by atoms with E-state index in [9.17, 15) is 9.59 Å². The molecule has 0 aromatic carbocycles. The zero-order valence-electron chi connectivity index (χ0n) is 8.53. The van der Waals surface area contributed by atoms with Crippen molar-refractivity contribution in [1.82, 2.24) is 4.98 Å². The van der Waals surface area contributed by atoms with Crippen LogP contribution in [0.25, 0.3) is 6.08 Å². The minimum absolute atomic E-state index is 0.0205. The summed E-state index contributed by atoms with van der Waals surface area (Å²) in [7, 11) is 0. The van der Waals surface area contributed by atoms with Gasteiger partial charge in [0.05, 0.1) is 18.0 Å². The zero-order chi connectivity index (χ0) is 11.1. The Labute approximate surface area is 91.9 Å². The van der Waals surface area contributed by atoms with Crippen LogP contribution in [0.5, 0.6) is 0 Å². The molecule has 0 bridgehead atoms. The van der Waals surface area contributed by atoms with E-state index in [1.165, 1.54) is 0 Å². The van der Waals surface area contributed by atoms with E-state index in [4.69, 9.17) is 4.74 Å². The predicted octanol–water partition coefficient (Wildman–Crippen LogP) is 1.39. The normalized spacial score (nSPS) is 18.2. The predicted molar refractivity (Wildman–Crippen MR) is 56.2 cm³/mol. The number of carbonyl (C=O) groups is 2. The lowest BCUT2D eigenvalue weighted by Crippen LogP contribution is -2.21. The number of hydrogen-bond donors (Lipinski definition) is 0. The summed E-state index contributed by atoms with van der Waals surface area (Å²) < 4.78 is 5.11. The van der Waals surface area contributed by atoms with Gasteiger partial charge < -0.3 is 4.74 Å². The van der Waals surface area contributed by atoms with Crippen LogP contribution in [0.1, 0.15) is 38.5 Å². The summed E-state index contributed by atoms with van der Waals surface area (Å²) >= 11 is 0. The highest BCUT2D eigenvalue weighted by Gasteiger charge is 2.24. The fourth-order valence-electron chi connectivity index (χ4n) is 1.97. The Kier molecular flexibility index (Phi) is 1.97. The highest BCUT2D eigenvalue weighted by Crippen LogP contribution is 2.23. The summed E-state index contributed by atoms with van der Waals surface area (Å²) in [6.45, 7) is 0.424. The number of rotatable bonds is 0. The summed E-state index contributed by atoms with van der Waals surface area (Å²) in [5.74, 6) is -0.0778. The summed E-state index contributed by atoms with van der Waals surface area (Å²) in [5.41, 5.74) is 2.37. The molecule has 2 heterocycles. The van der Waals surface area contributed by atoms with E-state index in [1.54, 1.807) is 12.1 Å². The van der Waals surface area contributed by atoms with Gasteiger partial charge >= 0.3 is 0 Å². The molecule has 1 aromatic rings. The van der Waals surface area contributed by atoms with Crippen molar-refractivity contribution in [1.29, 1.82) is 0 Å². The maximum absolute atomic E-state index is 11.6. The molecule has 0 saturated heterocycles. The molecular weight excluding hydrogens is 206 g/mol. The van der Waals surface area contributed by atoms with E-state index in [0.29, 0.717) is 35.5 Å². The highest BCUT2D eigenvalue weighted by atomic mass is 16.5. The van der Waals surface area contributed by atoms with Crippen molar-refractivity contribution in [2.24, 2.45) is 0 Å². The van der Waals surface area contributed by atoms with Crippen molar-refractivity contribution in [3.05, 3.63) is 34.7 Å². The summed E-state index contributed by atoms with van der Waals surface area (Å²) in [5, 5.41) is 0. The number of hydrogen-bond acceptors (Lipinski definition) is 4. The molecule has 0 atom stereocenters. The molecule has 0 fully saturated rings. The molecule has 1 aliphatic heterocycles. The number of nitrogens with zero attached hydrogens (tertiary/aromatic N) is 1. The van der Waals surface area contributed by atoms with Crippen molar-refractivity contribution in [3.8, 4) is 0 Å². The Morgan fingerprint density at radius 3 is 2.88 bits per heavy atom. The third kappa shape index (κ3) is 1.31. The second kappa shape index (κ2) is 3.35. The number of fused-ring (bicyclic) bond motifs is 2. The fourth-order valence-corrected chi connectivity index (χ4v) is 1.97. The van der Waals surface area contributed by atoms with E-state index in [0.717, 1.165) is 0 Å². The topological polar surface area (TPSA) is 56.3 Å². The number of aromatic nitrogens is 1. The summed E-state index contributed by atoms with van der Waals surface area (Å²) in [6.07, 6.45) is 3.99. The molecule has 0 N–H and O–H groups in total. The number of Topliss-reactive ketones (excluding diaryl/α,β-unsaturated/α-hetero) is 2. The van der Waals surface area contributed by atoms with Crippen LogP contribution < -0.4 is 0 Å². The van der Waals surface area contributed by atoms with Gasteiger partial charge in [0, 0.05) is 17.5 Å². The molecule has 4 nitrogen and oxygen atoms in total. The Balaban J connectivity index is 2.23. The standard InChI is InChI=1S/C12H9NO3/c14-11-3-1-2-9-7(11)4-8-10(13-9)5-16-6-12(8)15/h1-2,4H,3,5-6H2. The molecule has 1 aromatic heterocycles. The van der Waals surface area contributed by atoms with Gasteiger partial charge in [-0.1, -0.05) is 6.08 Å². The summed E-state index contributed by atoms with van der Waals surface area (Å²) in [6, 6.07) is 1.66. The molecule has 0 radical (unpaired) electrons. The molecule has 0 saturated carbocycles. The van der Waals surface area contributed by atoms with Crippen LogP contribution in [0.3, 0.4) is 0 Å². The van der Waals surface area contributed by atoms with Gasteiger partial charge in [0.15, 0.2) is 11.6 Å². The van der Waals surface area contributed by atoms with Gasteiger partial charge in [-0.25, -0.2) is 4.98 Å². The van der Waals surface area contributed by atoms with E-state index >= 15 is 0 Å². The molecule has 80 valence electrons. The van der Waals surface area contributed by atoms with Crippen LogP contribution in [0.15, 0.2) is 12.1 Å². The van der Waals surface area contributed by atoms with Gasteiger partial charge in [-0.3, -0.25) is 9.59 Å². The van der Waals surface area contributed by atoms with Gasteiger partial charge in [-0.15, -0.1) is 0 Å². The third-order valence-electron chi connectivity index (χ3n) is 2.78. The lowest BCUT2D eigenvalue weighted by Gasteiger charge is -2.17. The highest BCUT2D eigenvalue weighted by molar-refractivity contribution is 6.06. The Hall–Kier alpha value is -1.81. The maximum atomic E-state index is 11.6.